The van der Waals surface area contributed by atoms with Crippen LogP contribution in [0, 0.1) is 0 Å². The Morgan fingerprint density at radius 3 is 2.78 bits per heavy atom. The van der Waals surface area contributed by atoms with Gasteiger partial charge in [-0.25, -0.2) is 0 Å². The number of rotatable bonds is 4. The first-order chi connectivity index (χ1) is 8.66. The molecule has 0 saturated carbocycles. The number of hydrogen-bond acceptors (Lipinski definition) is 6. The number of carbonyl (C=O) groups is 1. The van der Waals surface area contributed by atoms with Crippen molar-refractivity contribution in [3.05, 3.63) is 36.0 Å². The van der Waals surface area contributed by atoms with Crippen molar-refractivity contribution in [2.24, 2.45) is 5.73 Å². The Morgan fingerprint density at radius 2 is 2.22 bits per heavy atom. The summed E-state index contributed by atoms with van der Waals surface area (Å²) in [7, 11) is 0. The molecule has 7 nitrogen and oxygen atoms in total. The van der Waals surface area contributed by atoms with Gasteiger partial charge in [0.1, 0.15) is 6.04 Å². The third-order valence-corrected chi connectivity index (χ3v) is 2.70. The number of hydrogen-bond donors (Lipinski definition) is 2. The lowest BCUT2D eigenvalue weighted by Crippen LogP contribution is -2.30. The summed E-state index contributed by atoms with van der Waals surface area (Å²) in [5, 5.41) is 23.9. The van der Waals surface area contributed by atoms with Gasteiger partial charge in [0.25, 0.3) is 0 Å². The minimum Gasteiger partial charge on any atom is -0.480 e. The zero-order chi connectivity index (χ0) is 13.0. The molecule has 0 radical (unpaired) electrons. The summed E-state index contributed by atoms with van der Waals surface area (Å²) in [6.07, 6.45) is 8.03. The van der Waals surface area contributed by atoms with Crippen LogP contribution in [0.2, 0.25) is 0 Å². The van der Waals surface area contributed by atoms with Gasteiger partial charge in [0, 0.05) is 5.92 Å². The molecule has 0 amide bonds. The fourth-order valence-electron chi connectivity index (χ4n) is 1.71. The second-order valence-electron chi connectivity index (χ2n) is 4.03. The maximum Gasteiger partial charge on any atom is 0.320 e. The average Bonchev–Trinajstić information content (AvgIpc) is 2.40. The standard InChI is InChI=1S/C11H13N5O2/c12-9(11(17)18)5-7-1-3-8(4-2-7)10-15-13-6-14-16-10/h1-3,6,8-9H,4-5,12H2,(H,17,18)/t8?,9-/m0/s1. The van der Waals surface area contributed by atoms with Crippen molar-refractivity contribution < 1.29 is 9.90 Å². The zero-order valence-electron chi connectivity index (χ0n) is 9.60. The van der Waals surface area contributed by atoms with Gasteiger partial charge in [-0.05, 0) is 12.8 Å². The Hall–Kier alpha value is -2.15. The molecule has 1 heterocycles. The molecular weight excluding hydrogens is 234 g/mol. The lowest BCUT2D eigenvalue weighted by molar-refractivity contribution is -0.138. The van der Waals surface area contributed by atoms with Crippen LogP contribution in [-0.2, 0) is 4.79 Å². The summed E-state index contributed by atoms with van der Waals surface area (Å²) in [4.78, 5) is 10.6. The minimum atomic E-state index is -0.994. The van der Waals surface area contributed by atoms with Crippen LogP contribution in [0.1, 0.15) is 24.6 Å². The summed E-state index contributed by atoms with van der Waals surface area (Å²) in [6.45, 7) is 0. The Morgan fingerprint density at radius 1 is 1.50 bits per heavy atom. The predicted octanol–water partition coefficient (Wildman–Crippen LogP) is 0.0385. The van der Waals surface area contributed by atoms with Gasteiger partial charge in [-0.2, -0.15) is 0 Å². The van der Waals surface area contributed by atoms with Crippen molar-refractivity contribution in [1.82, 2.24) is 20.4 Å². The van der Waals surface area contributed by atoms with Crippen LogP contribution in [-0.4, -0.2) is 37.5 Å². The summed E-state index contributed by atoms with van der Waals surface area (Å²) in [5.41, 5.74) is 6.39. The van der Waals surface area contributed by atoms with E-state index in [9.17, 15) is 4.79 Å². The molecule has 0 aromatic carbocycles. The van der Waals surface area contributed by atoms with E-state index in [0.717, 1.165) is 5.57 Å². The maximum atomic E-state index is 10.6. The Kier molecular flexibility index (Phi) is 3.73. The average molecular weight is 247 g/mol. The van der Waals surface area contributed by atoms with Gasteiger partial charge in [-0.3, -0.25) is 4.79 Å². The van der Waals surface area contributed by atoms with Gasteiger partial charge >= 0.3 is 5.97 Å². The normalized spacial score (nSPS) is 20.3. The quantitative estimate of drug-likeness (QED) is 0.771. The third kappa shape index (κ3) is 2.95. The van der Waals surface area contributed by atoms with E-state index >= 15 is 0 Å². The summed E-state index contributed by atoms with van der Waals surface area (Å²) < 4.78 is 0. The lowest BCUT2D eigenvalue weighted by atomic mass is 9.93. The van der Waals surface area contributed by atoms with E-state index in [0.29, 0.717) is 18.7 Å². The van der Waals surface area contributed by atoms with Gasteiger partial charge in [0.15, 0.2) is 12.2 Å². The summed E-state index contributed by atoms with van der Waals surface area (Å²) in [5.74, 6) is -0.395. The van der Waals surface area contributed by atoms with E-state index < -0.39 is 12.0 Å². The molecular formula is C11H13N5O2. The highest BCUT2D eigenvalue weighted by molar-refractivity contribution is 5.73. The fourth-order valence-corrected chi connectivity index (χ4v) is 1.71. The Balaban J connectivity index is 1.97. The first kappa shape index (κ1) is 12.3. The largest absolute Gasteiger partial charge is 0.480 e. The van der Waals surface area contributed by atoms with E-state index in [1.807, 2.05) is 18.2 Å². The molecule has 0 aliphatic heterocycles. The molecule has 18 heavy (non-hydrogen) atoms. The van der Waals surface area contributed by atoms with Crippen molar-refractivity contribution >= 4 is 5.97 Å². The third-order valence-electron chi connectivity index (χ3n) is 2.70. The predicted molar refractivity (Wildman–Crippen MR) is 62.4 cm³/mol. The zero-order valence-corrected chi connectivity index (χ0v) is 9.60. The van der Waals surface area contributed by atoms with E-state index in [1.54, 1.807) is 0 Å². The molecule has 2 atom stereocenters. The number of allylic oxidation sites excluding steroid dienone is 3. The molecule has 0 bridgehead atoms. The second-order valence-corrected chi connectivity index (χ2v) is 4.03. The molecule has 1 aromatic rings. The molecule has 2 rings (SSSR count). The molecule has 7 heteroatoms. The molecule has 0 fully saturated rings. The second kappa shape index (κ2) is 5.46. The molecule has 1 unspecified atom stereocenters. The molecule has 1 aliphatic carbocycles. The fraction of sp³-hybridized carbons (Fsp3) is 0.364. The Labute approximate surface area is 103 Å². The monoisotopic (exact) mass is 247 g/mol. The van der Waals surface area contributed by atoms with Crippen molar-refractivity contribution in [3.8, 4) is 0 Å². The van der Waals surface area contributed by atoms with Crippen LogP contribution in [0.3, 0.4) is 0 Å². The molecule has 94 valence electrons. The van der Waals surface area contributed by atoms with Crippen molar-refractivity contribution in [2.75, 3.05) is 0 Å². The smallest absolute Gasteiger partial charge is 0.320 e. The number of carboxylic acids is 1. The van der Waals surface area contributed by atoms with Crippen LogP contribution < -0.4 is 5.73 Å². The van der Waals surface area contributed by atoms with Crippen LogP contribution >= 0.6 is 0 Å². The SMILES string of the molecule is N[C@@H](CC1=CCC(c2nncnn2)C=C1)C(=O)O. The van der Waals surface area contributed by atoms with Crippen LogP contribution in [0.25, 0.3) is 0 Å². The number of aliphatic carboxylic acids is 1. The van der Waals surface area contributed by atoms with Gasteiger partial charge in [0.05, 0.1) is 0 Å². The van der Waals surface area contributed by atoms with Crippen molar-refractivity contribution in [2.45, 2.75) is 24.8 Å². The topological polar surface area (TPSA) is 115 Å². The number of nitrogens with zero attached hydrogens (tertiary/aromatic N) is 4. The molecule has 1 aliphatic rings. The van der Waals surface area contributed by atoms with E-state index in [4.69, 9.17) is 10.8 Å². The van der Waals surface area contributed by atoms with Crippen molar-refractivity contribution in [1.29, 1.82) is 0 Å². The molecule has 1 aromatic heterocycles. The first-order valence-electron chi connectivity index (χ1n) is 5.52. The van der Waals surface area contributed by atoms with Gasteiger partial charge in [-0.15, -0.1) is 20.4 Å². The van der Waals surface area contributed by atoms with Crippen LogP contribution in [0.5, 0.6) is 0 Å². The Bertz CT molecular complexity index is 485. The van der Waals surface area contributed by atoms with E-state index in [1.165, 1.54) is 6.33 Å². The van der Waals surface area contributed by atoms with Crippen LogP contribution in [0.4, 0.5) is 0 Å². The highest BCUT2D eigenvalue weighted by atomic mass is 16.4. The summed E-state index contributed by atoms with van der Waals surface area (Å²) >= 11 is 0. The number of nitrogens with two attached hydrogens (primary N) is 1. The lowest BCUT2D eigenvalue weighted by Gasteiger charge is -2.15. The molecule has 3 N–H and O–H groups in total. The summed E-state index contributed by atoms with van der Waals surface area (Å²) in [6, 6.07) is -0.867. The van der Waals surface area contributed by atoms with Gasteiger partial charge < -0.3 is 10.8 Å². The molecule has 0 spiro atoms. The van der Waals surface area contributed by atoms with Crippen LogP contribution in [0.15, 0.2) is 30.1 Å². The van der Waals surface area contributed by atoms with Crippen molar-refractivity contribution in [3.63, 3.8) is 0 Å². The van der Waals surface area contributed by atoms with Gasteiger partial charge in [0.2, 0.25) is 0 Å². The minimum absolute atomic E-state index is 0.0380. The highest BCUT2D eigenvalue weighted by Crippen LogP contribution is 2.24. The van der Waals surface area contributed by atoms with E-state index in [-0.39, 0.29) is 5.92 Å². The number of aromatic nitrogens is 4. The molecule has 0 saturated heterocycles. The first-order valence-corrected chi connectivity index (χ1v) is 5.52. The van der Waals surface area contributed by atoms with E-state index in [2.05, 4.69) is 20.4 Å². The number of carboxylic acid groups (broad SMARTS) is 1. The highest BCUT2D eigenvalue weighted by Gasteiger charge is 2.17. The maximum absolute atomic E-state index is 10.6. The van der Waals surface area contributed by atoms with Gasteiger partial charge in [-0.1, -0.05) is 23.8 Å².